The smallest absolute Gasteiger partial charge is 0.234 e. The zero-order valence-corrected chi connectivity index (χ0v) is 14.5. The van der Waals surface area contributed by atoms with Crippen molar-refractivity contribution in [2.24, 2.45) is 0 Å². The minimum atomic E-state index is -0.290. The van der Waals surface area contributed by atoms with Gasteiger partial charge in [-0.25, -0.2) is 4.39 Å². The van der Waals surface area contributed by atoms with Gasteiger partial charge in [-0.3, -0.25) is 0 Å². The maximum absolute atomic E-state index is 13.1. The van der Waals surface area contributed by atoms with Crippen LogP contribution in [-0.4, -0.2) is 25.0 Å². The third kappa shape index (κ3) is 2.46. The average molecular weight is 365 g/mol. The summed E-state index contributed by atoms with van der Waals surface area (Å²) in [5.41, 5.74) is 3.52. The van der Waals surface area contributed by atoms with E-state index in [-0.39, 0.29) is 5.82 Å². The molecule has 0 aliphatic carbocycles. The molecule has 0 amide bonds. The van der Waals surface area contributed by atoms with Crippen LogP contribution in [0.1, 0.15) is 16.3 Å². The van der Waals surface area contributed by atoms with E-state index in [1.165, 1.54) is 23.5 Å². The van der Waals surface area contributed by atoms with Crippen LogP contribution in [0.4, 0.5) is 4.39 Å². The van der Waals surface area contributed by atoms with Gasteiger partial charge in [0.1, 0.15) is 10.8 Å². The number of aryl methyl sites for hydroxylation is 1. The molecule has 5 rings (SSSR count). The van der Waals surface area contributed by atoms with Gasteiger partial charge >= 0.3 is 0 Å². The normalized spacial score (nSPS) is 11.6. The molecule has 3 aromatic heterocycles. The monoisotopic (exact) mass is 365 g/mol. The van der Waals surface area contributed by atoms with E-state index < -0.39 is 0 Å². The predicted molar refractivity (Wildman–Crippen MR) is 95.6 cm³/mol. The minimum absolute atomic E-state index is 0.290. The number of hydrogen-bond acceptors (Lipinski definition) is 6. The van der Waals surface area contributed by atoms with Gasteiger partial charge in [0.05, 0.1) is 5.69 Å². The molecule has 128 valence electrons. The maximum atomic E-state index is 13.1. The first-order valence-electron chi connectivity index (χ1n) is 7.99. The van der Waals surface area contributed by atoms with E-state index in [2.05, 4.69) is 26.5 Å². The number of halogens is 1. The number of aromatic nitrogens is 5. The summed E-state index contributed by atoms with van der Waals surface area (Å²) in [5, 5.41) is 19.0. The van der Waals surface area contributed by atoms with Crippen molar-refractivity contribution in [2.45, 2.75) is 13.3 Å². The van der Waals surface area contributed by atoms with Crippen molar-refractivity contribution in [3.8, 4) is 11.4 Å². The molecule has 0 atom stereocenters. The SMILES string of the molecule is Cc1ccc2onc(Cc3nn4c(-c5ccc(F)cc5)nnc4s3)c2c1. The second kappa shape index (κ2) is 5.70. The van der Waals surface area contributed by atoms with Crippen molar-refractivity contribution < 1.29 is 8.91 Å². The second-order valence-electron chi connectivity index (χ2n) is 6.03. The lowest BCUT2D eigenvalue weighted by Gasteiger charge is -1.96. The molecule has 3 heterocycles. The standard InChI is InChI=1S/C18H12FN5OS/c1-10-2-7-15-13(8-10)14(23-25-15)9-16-22-24-17(20-21-18(24)26-16)11-3-5-12(19)6-4-11/h2-8H,9H2,1H3. The zero-order valence-electron chi connectivity index (χ0n) is 13.7. The average Bonchev–Trinajstić information content (AvgIpc) is 3.31. The predicted octanol–water partition coefficient (Wildman–Crippen LogP) is 4.03. The zero-order chi connectivity index (χ0) is 17.7. The number of nitrogens with zero attached hydrogens (tertiary/aromatic N) is 5. The molecule has 2 aromatic carbocycles. The quantitative estimate of drug-likeness (QED) is 0.483. The topological polar surface area (TPSA) is 69.1 Å². The van der Waals surface area contributed by atoms with Gasteiger partial charge in [-0.15, -0.1) is 10.2 Å². The first kappa shape index (κ1) is 15.2. The Morgan fingerprint density at radius 2 is 1.96 bits per heavy atom. The number of benzene rings is 2. The van der Waals surface area contributed by atoms with Crippen LogP contribution in [-0.2, 0) is 6.42 Å². The molecule has 6 nitrogen and oxygen atoms in total. The Bertz CT molecular complexity index is 1240. The van der Waals surface area contributed by atoms with E-state index in [1.54, 1.807) is 16.6 Å². The Hall–Kier alpha value is -3.13. The molecule has 0 aliphatic heterocycles. The molecule has 0 radical (unpaired) electrons. The molecule has 0 saturated heterocycles. The Labute approximate surface area is 150 Å². The summed E-state index contributed by atoms with van der Waals surface area (Å²) in [5.74, 6) is 0.296. The number of rotatable bonds is 3. The summed E-state index contributed by atoms with van der Waals surface area (Å²) in [6.45, 7) is 2.04. The van der Waals surface area contributed by atoms with E-state index >= 15 is 0 Å². The molecule has 5 aromatic rings. The van der Waals surface area contributed by atoms with Crippen LogP contribution in [0.15, 0.2) is 47.0 Å². The second-order valence-corrected chi connectivity index (χ2v) is 7.07. The van der Waals surface area contributed by atoms with Crippen LogP contribution in [0, 0.1) is 12.7 Å². The number of fused-ring (bicyclic) bond motifs is 2. The fourth-order valence-corrected chi connectivity index (χ4v) is 3.72. The van der Waals surface area contributed by atoms with E-state index in [0.717, 1.165) is 32.8 Å². The molecule has 0 N–H and O–H groups in total. The lowest BCUT2D eigenvalue weighted by Crippen LogP contribution is -1.94. The van der Waals surface area contributed by atoms with Crippen LogP contribution in [0.2, 0.25) is 0 Å². The van der Waals surface area contributed by atoms with Crippen molar-refractivity contribution in [3.05, 3.63) is 64.5 Å². The van der Waals surface area contributed by atoms with Crippen molar-refractivity contribution in [3.63, 3.8) is 0 Å². The van der Waals surface area contributed by atoms with Gasteiger partial charge in [0.25, 0.3) is 0 Å². The summed E-state index contributed by atoms with van der Waals surface area (Å²) in [6.07, 6.45) is 0.549. The molecule has 0 fully saturated rings. The molecule has 26 heavy (non-hydrogen) atoms. The highest BCUT2D eigenvalue weighted by atomic mass is 32.1. The molecule has 0 aliphatic rings. The molecular weight excluding hydrogens is 353 g/mol. The van der Waals surface area contributed by atoms with Crippen molar-refractivity contribution in [1.82, 2.24) is 25.0 Å². The van der Waals surface area contributed by atoms with Crippen LogP contribution in [0.3, 0.4) is 0 Å². The van der Waals surface area contributed by atoms with Crippen molar-refractivity contribution in [2.75, 3.05) is 0 Å². The van der Waals surface area contributed by atoms with Gasteiger partial charge in [0.15, 0.2) is 11.4 Å². The van der Waals surface area contributed by atoms with Gasteiger partial charge < -0.3 is 4.52 Å². The fourth-order valence-electron chi connectivity index (χ4n) is 2.88. The molecule has 0 spiro atoms. The van der Waals surface area contributed by atoms with Crippen LogP contribution in [0.5, 0.6) is 0 Å². The lowest BCUT2D eigenvalue weighted by molar-refractivity contribution is 0.448. The highest BCUT2D eigenvalue weighted by molar-refractivity contribution is 7.16. The van der Waals surface area contributed by atoms with E-state index in [4.69, 9.17) is 4.52 Å². The Kier molecular flexibility index (Phi) is 3.32. The van der Waals surface area contributed by atoms with E-state index in [0.29, 0.717) is 17.2 Å². The highest BCUT2D eigenvalue weighted by Gasteiger charge is 2.16. The Morgan fingerprint density at radius 3 is 2.81 bits per heavy atom. The first-order valence-corrected chi connectivity index (χ1v) is 8.81. The molecular formula is C18H12FN5OS. The van der Waals surface area contributed by atoms with Gasteiger partial charge in [-0.05, 0) is 43.3 Å². The van der Waals surface area contributed by atoms with Gasteiger partial charge in [0.2, 0.25) is 4.96 Å². The molecule has 0 unspecified atom stereocenters. The summed E-state index contributed by atoms with van der Waals surface area (Å²) < 4.78 is 20.2. The molecule has 8 heteroatoms. The first-order chi connectivity index (χ1) is 12.7. The molecule has 0 bridgehead atoms. The summed E-state index contributed by atoms with van der Waals surface area (Å²) >= 11 is 1.45. The highest BCUT2D eigenvalue weighted by Crippen LogP contribution is 2.26. The Morgan fingerprint density at radius 1 is 1.12 bits per heavy atom. The van der Waals surface area contributed by atoms with Crippen molar-refractivity contribution in [1.29, 1.82) is 0 Å². The lowest BCUT2D eigenvalue weighted by atomic mass is 10.1. The van der Waals surface area contributed by atoms with Crippen LogP contribution in [0.25, 0.3) is 27.3 Å². The maximum Gasteiger partial charge on any atom is 0.234 e. The van der Waals surface area contributed by atoms with Gasteiger partial charge in [0, 0.05) is 17.4 Å². The summed E-state index contributed by atoms with van der Waals surface area (Å²) in [7, 11) is 0. The van der Waals surface area contributed by atoms with Crippen LogP contribution < -0.4 is 0 Å². The molecule has 0 saturated carbocycles. The number of hydrogen-bond donors (Lipinski definition) is 0. The third-order valence-corrected chi connectivity index (χ3v) is 5.05. The van der Waals surface area contributed by atoms with Gasteiger partial charge in [-0.1, -0.05) is 28.1 Å². The van der Waals surface area contributed by atoms with E-state index in [1.807, 2.05) is 19.1 Å². The Balaban J connectivity index is 1.54. The van der Waals surface area contributed by atoms with Crippen molar-refractivity contribution >= 4 is 27.3 Å². The minimum Gasteiger partial charge on any atom is -0.356 e. The summed E-state index contributed by atoms with van der Waals surface area (Å²) in [6, 6.07) is 12.1. The van der Waals surface area contributed by atoms with E-state index in [9.17, 15) is 4.39 Å². The largest absolute Gasteiger partial charge is 0.356 e. The third-order valence-electron chi connectivity index (χ3n) is 4.15. The summed E-state index contributed by atoms with van der Waals surface area (Å²) in [4.78, 5) is 0.684. The fraction of sp³-hybridized carbons (Fsp3) is 0.111. The van der Waals surface area contributed by atoms with Gasteiger partial charge in [-0.2, -0.15) is 9.61 Å². The van der Waals surface area contributed by atoms with Crippen LogP contribution >= 0.6 is 11.3 Å².